The summed E-state index contributed by atoms with van der Waals surface area (Å²) in [4.78, 5) is 0. The van der Waals surface area contributed by atoms with Crippen LogP contribution in [0.2, 0.25) is 0 Å². The van der Waals surface area contributed by atoms with E-state index in [2.05, 4.69) is 15.5 Å². The van der Waals surface area contributed by atoms with Crippen molar-refractivity contribution in [1.82, 2.24) is 15.5 Å². The monoisotopic (exact) mass is 235 g/mol. The predicted octanol–water partition coefficient (Wildman–Crippen LogP) is 2.36. The Morgan fingerprint density at radius 3 is 3.06 bits per heavy atom. The normalized spacial score (nSPS) is 15.6. The number of rotatable bonds is 4. The van der Waals surface area contributed by atoms with E-state index in [1.165, 1.54) is 12.8 Å². The van der Waals surface area contributed by atoms with Gasteiger partial charge in [0.15, 0.2) is 5.01 Å². The molecule has 3 rings (SSSR count). The van der Waals surface area contributed by atoms with Crippen LogP contribution in [0.15, 0.2) is 16.7 Å². The Bertz CT molecular complexity index is 487. The van der Waals surface area contributed by atoms with E-state index in [-0.39, 0.29) is 0 Å². The predicted molar refractivity (Wildman–Crippen MR) is 62.2 cm³/mol. The van der Waals surface area contributed by atoms with Gasteiger partial charge in [0, 0.05) is 12.6 Å². The molecular weight excluding hydrogens is 222 g/mol. The smallest absolute Gasteiger partial charge is 0.151 e. The van der Waals surface area contributed by atoms with Crippen molar-refractivity contribution in [2.45, 2.75) is 32.4 Å². The van der Waals surface area contributed by atoms with Crippen LogP contribution in [-0.4, -0.2) is 16.2 Å². The number of nitrogens with zero attached hydrogens (tertiary/aromatic N) is 2. The highest BCUT2D eigenvalue weighted by Gasteiger charge is 2.20. The van der Waals surface area contributed by atoms with E-state index in [1.807, 2.05) is 13.0 Å². The van der Waals surface area contributed by atoms with E-state index in [4.69, 9.17) is 4.42 Å². The average molecular weight is 235 g/mol. The summed E-state index contributed by atoms with van der Waals surface area (Å²) in [6.07, 6.45) is 4.33. The van der Waals surface area contributed by atoms with E-state index in [0.717, 1.165) is 27.9 Å². The summed E-state index contributed by atoms with van der Waals surface area (Å²) >= 11 is 1.62. The van der Waals surface area contributed by atoms with E-state index in [1.54, 1.807) is 17.6 Å². The first-order chi connectivity index (χ1) is 7.81. The second-order valence-electron chi connectivity index (χ2n) is 4.10. The van der Waals surface area contributed by atoms with Crippen molar-refractivity contribution < 1.29 is 4.42 Å². The molecule has 1 N–H and O–H groups in total. The molecule has 0 atom stereocenters. The lowest BCUT2D eigenvalue weighted by atomic mass is 10.3. The fourth-order valence-electron chi connectivity index (χ4n) is 1.52. The summed E-state index contributed by atoms with van der Waals surface area (Å²) in [6.45, 7) is 2.76. The number of nitrogens with one attached hydrogen (secondary N) is 1. The van der Waals surface area contributed by atoms with Gasteiger partial charge in [-0.2, -0.15) is 0 Å². The highest BCUT2D eigenvalue weighted by atomic mass is 32.1. The highest BCUT2D eigenvalue weighted by Crippen LogP contribution is 2.26. The molecule has 84 valence electrons. The molecular formula is C11H13N3OS. The average Bonchev–Trinajstić information content (AvgIpc) is 2.81. The van der Waals surface area contributed by atoms with Crippen molar-refractivity contribution in [2.75, 3.05) is 0 Å². The number of furan rings is 1. The van der Waals surface area contributed by atoms with Crippen molar-refractivity contribution in [3.05, 3.63) is 23.1 Å². The fraction of sp³-hybridized carbons (Fsp3) is 0.455. The third kappa shape index (κ3) is 2.15. The topological polar surface area (TPSA) is 51.0 Å². The van der Waals surface area contributed by atoms with Crippen LogP contribution in [0.1, 0.15) is 23.6 Å². The second-order valence-corrected chi connectivity index (χ2v) is 5.16. The molecule has 1 aliphatic rings. The molecule has 5 heteroatoms. The fourth-order valence-corrected chi connectivity index (χ4v) is 2.28. The number of hydrogen-bond donors (Lipinski definition) is 1. The number of hydrogen-bond acceptors (Lipinski definition) is 5. The Hall–Kier alpha value is -1.20. The van der Waals surface area contributed by atoms with E-state index >= 15 is 0 Å². The summed E-state index contributed by atoms with van der Waals surface area (Å²) in [6, 6.07) is 2.70. The Balaban J connectivity index is 1.71. The highest BCUT2D eigenvalue weighted by molar-refractivity contribution is 7.14. The summed E-state index contributed by atoms with van der Waals surface area (Å²) in [7, 11) is 0. The minimum Gasteiger partial charge on any atom is -0.469 e. The molecule has 0 aliphatic heterocycles. The van der Waals surface area contributed by atoms with Crippen molar-refractivity contribution in [3.8, 4) is 10.6 Å². The molecule has 2 heterocycles. The quantitative estimate of drug-likeness (QED) is 0.883. The lowest BCUT2D eigenvalue weighted by Gasteiger charge is -1.95. The van der Waals surface area contributed by atoms with Crippen LogP contribution in [0, 0.1) is 6.92 Å². The summed E-state index contributed by atoms with van der Waals surface area (Å²) < 4.78 is 5.26. The maximum absolute atomic E-state index is 5.26. The molecule has 16 heavy (non-hydrogen) atoms. The van der Waals surface area contributed by atoms with Gasteiger partial charge in [-0.3, -0.25) is 0 Å². The van der Waals surface area contributed by atoms with Crippen LogP contribution < -0.4 is 5.32 Å². The molecule has 0 amide bonds. The maximum atomic E-state index is 5.26. The van der Waals surface area contributed by atoms with Gasteiger partial charge in [-0.05, 0) is 25.8 Å². The summed E-state index contributed by atoms with van der Waals surface area (Å²) in [5, 5.41) is 13.7. The SMILES string of the molecule is Cc1cc(-c2nnc(CNC3CC3)s2)co1. The first-order valence-electron chi connectivity index (χ1n) is 5.42. The Morgan fingerprint density at radius 1 is 1.50 bits per heavy atom. The van der Waals surface area contributed by atoms with Gasteiger partial charge in [-0.15, -0.1) is 10.2 Å². The van der Waals surface area contributed by atoms with Crippen LogP contribution in [0.3, 0.4) is 0 Å². The Labute approximate surface area is 97.7 Å². The zero-order valence-electron chi connectivity index (χ0n) is 9.06. The van der Waals surface area contributed by atoms with Crippen LogP contribution in [0.5, 0.6) is 0 Å². The van der Waals surface area contributed by atoms with Gasteiger partial charge in [0.2, 0.25) is 0 Å². The van der Waals surface area contributed by atoms with E-state index in [0.29, 0.717) is 6.04 Å². The molecule has 1 aliphatic carbocycles. The van der Waals surface area contributed by atoms with Gasteiger partial charge < -0.3 is 9.73 Å². The van der Waals surface area contributed by atoms with Crippen molar-refractivity contribution in [1.29, 1.82) is 0 Å². The Kier molecular flexibility index (Phi) is 2.49. The third-order valence-corrected chi connectivity index (χ3v) is 3.54. The maximum Gasteiger partial charge on any atom is 0.151 e. The summed E-state index contributed by atoms with van der Waals surface area (Å²) in [5.74, 6) is 0.905. The zero-order chi connectivity index (χ0) is 11.0. The molecule has 1 fully saturated rings. The standard InChI is InChI=1S/C11H13N3OS/c1-7-4-8(6-15-7)11-14-13-10(16-11)5-12-9-2-3-9/h4,6,9,12H,2-3,5H2,1H3. The van der Waals surface area contributed by atoms with Crippen molar-refractivity contribution >= 4 is 11.3 Å². The molecule has 0 bridgehead atoms. The minimum atomic E-state index is 0.712. The molecule has 0 spiro atoms. The lowest BCUT2D eigenvalue weighted by molar-refractivity contribution is 0.535. The van der Waals surface area contributed by atoms with E-state index in [9.17, 15) is 0 Å². The van der Waals surface area contributed by atoms with Gasteiger partial charge in [-0.1, -0.05) is 11.3 Å². The van der Waals surface area contributed by atoms with Gasteiger partial charge >= 0.3 is 0 Å². The first kappa shape index (κ1) is 9.99. The molecule has 4 nitrogen and oxygen atoms in total. The van der Waals surface area contributed by atoms with Crippen LogP contribution in [0.25, 0.3) is 10.6 Å². The van der Waals surface area contributed by atoms with Crippen molar-refractivity contribution in [3.63, 3.8) is 0 Å². The summed E-state index contributed by atoms with van der Waals surface area (Å²) in [5.41, 5.74) is 1.02. The van der Waals surface area contributed by atoms with Gasteiger partial charge in [0.25, 0.3) is 0 Å². The van der Waals surface area contributed by atoms with E-state index < -0.39 is 0 Å². The molecule has 0 radical (unpaired) electrons. The lowest BCUT2D eigenvalue weighted by Crippen LogP contribution is -2.14. The minimum absolute atomic E-state index is 0.712. The van der Waals surface area contributed by atoms with Crippen LogP contribution in [-0.2, 0) is 6.54 Å². The Morgan fingerprint density at radius 2 is 2.38 bits per heavy atom. The zero-order valence-corrected chi connectivity index (χ0v) is 9.88. The largest absolute Gasteiger partial charge is 0.469 e. The van der Waals surface area contributed by atoms with Crippen LogP contribution >= 0.6 is 11.3 Å². The van der Waals surface area contributed by atoms with Gasteiger partial charge in [-0.25, -0.2) is 0 Å². The van der Waals surface area contributed by atoms with Gasteiger partial charge in [0.05, 0.1) is 5.56 Å². The molecule has 2 aromatic heterocycles. The molecule has 0 unspecified atom stereocenters. The molecule has 1 saturated carbocycles. The number of aryl methyl sites for hydroxylation is 1. The van der Waals surface area contributed by atoms with Crippen LogP contribution in [0.4, 0.5) is 0 Å². The molecule has 2 aromatic rings. The second kappa shape index (κ2) is 3.99. The first-order valence-corrected chi connectivity index (χ1v) is 6.24. The molecule has 0 aromatic carbocycles. The number of aromatic nitrogens is 2. The third-order valence-electron chi connectivity index (χ3n) is 2.56. The molecule has 0 saturated heterocycles. The van der Waals surface area contributed by atoms with Gasteiger partial charge in [0.1, 0.15) is 17.0 Å². The van der Waals surface area contributed by atoms with Crippen molar-refractivity contribution in [2.24, 2.45) is 0 Å².